The van der Waals surface area contributed by atoms with Gasteiger partial charge in [0.05, 0.1) is 5.69 Å². The SMILES string of the molecule is Cc1cccc(C)c1N(C(=O)O)C(C)C. The second-order valence-corrected chi connectivity index (χ2v) is 3.99. The Labute approximate surface area is 90.3 Å². The highest BCUT2D eigenvalue weighted by Gasteiger charge is 2.20. The first-order chi connectivity index (χ1) is 6.95. The van der Waals surface area contributed by atoms with Crippen LogP contribution in [0.3, 0.4) is 0 Å². The van der Waals surface area contributed by atoms with Crippen LogP contribution in [0.25, 0.3) is 0 Å². The van der Waals surface area contributed by atoms with Gasteiger partial charge in [-0.25, -0.2) is 4.79 Å². The number of hydrogen-bond acceptors (Lipinski definition) is 1. The molecule has 0 aliphatic heterocycles. The lowest BCUT2D eigenvalue weighted by Gasteiger charge is -2.26. The number of nitrogens with zero attached hydrogens (tertiary/aromatic N) is 1. The van der Waals surface area contributed by atoms with Crippen molar-refractivity contribution in [2.75, 3.05) is 4.90 Å². The Morgan fingerprint density at radius 2 is 1.73 bits per heavy atom. The molecule has 0 fully saturated rings. The summed E-state index contributed by atoms with van der Waals surface area (Å²) in [5.74, 6) is 0. The van der Waals surface area contributed by atoms with E-state index in [-0.39, 0.29) is 6.04 Å². The Kier molecular flexibility index (Phi) is 3.35. The third kappa shape index (κ3) is 2.29. The van der Waals surface area contributed by atoms with Gasteiger partial charge in [-0.1, -0.05) is 18.2 Å². The molecule has 0 atom stereocenters. The summed E-state index contributed by atoms with van der Waals surface area (Å²) in [5.41, 5.74) is 2.79. The predicted molar refractivity (Wildman–Crippen MR) is 61.6 cm³/mol. The largest absolute Gasteiger partial charge is 0.465 e. The predicted octanol–water partition coefficient (Wildman–Crippen LogP) is 3.20. The minimum absolute atomic E-state index is 0.0534. The number of aryl methyl sites for hydroxylation is 2. The van der Waals surface area contributed by atoms with Crippen LogP contribution < -0.4 is 4.90 Å². The molecule has 1 rings (SSSR count). The average Bonchev–Trinajstić information content (AvgIpc) is 2.09. The van der Waals surface area contributed by atoms with Gasteiger partial charge in [-0.15, -0.1) is 0 Å². The molecule has 0 aliphatic rings. The van der Waals surface area contributed by atoms with Crippen molar-refractivity contribution in [3.63, 3.8) is 0 Å². The molecule has 0 unspecified atom stereocenters. The Balaban J connectivity index is 3.28. The van der Waals surface area contributed by atoms with E-state index in [0.29, 0.717) is 0 Å². The van der Waals surface area contributed by atoms with E-state index in [1.807, 2.05) is 45.9 Å². The maximum absolute atomic E-state index is 11.2. The van der Waals surface area contributed by atoms with Crippen molar-refractivity contribution < 1.29 is 9.90 Å². The lowest BCUT2D eigenvalue weighted by atomic mass is 10.1. The highest BCUT2D eigenvalue weighted by molar-refractivity contribution is 5.88. The molecule has 0 aliphatic carbocycles. The van der Waals surface area contributed by atoms with Gasteiger partial charge in [-0.2, -0.15) is 0 Å². The summed E-state index contributed by atoms with van der Waals surface area (Å²) < 4.78 is 0. The van der Waals surface area contributed by atoms with Gasteiger partial charge < -0.3 is 5.11 Å². The standard InChI is InChI=1S/C12H17NO2/c1-8(2)13(12(14)15)11-9(3)6-5-7-10(11)4/h5-8H,1-4H3,(H,14,15). The number of hydrogen-bond donors (Lipinski definition) is 1. The molecule has 0 saturated heterocycles. The van der Waals surface area contributed by atoms with Crippen LogP contribution in [-0.2, 0) is 0 Å². The Morgan fingerprint density at radius 3 is 2.07 bits per heavy atom. The molecule has 0 bridgehead atoms. The number of rotatable bonds is 2. The molecule has 0 aromatic heterocycles. The minimum Gasteiger partial charge on any atom is -0.465 e. The molecule has 1 aromatic carbocycles. The highest BCUT2D eigenvalue weighted by atomic mass is 16.4. The maximum atomic E-state index is 11.2. The molecular formula is C12H17NO2. The third-order valence-corrected chi connectivity index (χ3v) is 2.40. The van der Waals surface area contributed by atoms with Gasteiger partial charge in [0.25, 0.3) is 0 Å². The Morgan fingerprint density at radius 1 is 1.27 bits per heavy atom. The quantitative estimate of drug-likeness (QED) is 0.809. The van der Waals surface area contributed by atoms with Crippen molar-refractivity contribution in [2.45, 2.75) is 33.7 Å². The lowest BCUT2D eigenvalue weighted by molar-refractivity contribution is 0.200. The minimum atomic E-state index is -0.901. The zero-order valence-corrected chi connectivity index (χ0v) is 9.61. The van der Waals surface area contributed by atoms with Crippen molar-refractivity contribution in [1.29, 1.82) is 0 Å². The molecule has 0 heterocycles. The van der Waals surface area contributed by atoms with Crippen LogP contribution in [0, 0.1) is 13.8 Å². The van der Waals surface area contributed by atoms with Gasteiger partial charge >= 0.3 is 6.09 Å². The molecule has 3 nitrogen and oxygen atoms in total. The van der Waals surface area contributed by atoms with Crippen molar-refractivity contribution in [3.05, 3.63) is 29.3 Å². The zero-order chi connectivity index (χ0) is 11.6. The van der Waals surface area contributed by atoms with E-state index in [0.717, 1.165) is 16.8 Å². The molecule has 1 aromatic rings. The van der Waals surface area contributed by atoms with Crippen LogP contribution in [-0.4, -0.2) is 17.2 Å². The summed E-state index contributed by atoms with van der Waals surface area (Å²) in [6.07, 6.45) is -0.901. The summed E-state index contributed by atoms with van der Waals surface area (Å²) >= 11 is 0. The Hall–Kier alpha value is -1.51. The molecule has 1 N–H and O–H groups in total. The van der Waals surface area contributed by atoms with Crippen LogP contribution in [0.2, 0.25) is 0 Å². The smallest absolute Gasteiger partial charge is 0.412 e. The van der Waals surface area contributed by atoms with Crippen LogP contribution >= 0.6 is 0 Å². The van der Waals surface area contributed by atoms with Crippen LogP contribution in [0.15, 0.2) is 18.2 Å². The normalized spacial score (nSPS) is 10.5. The summed E-state index contributed by atoms with van der Waals surface area (Å²) in [7, 11) is 0. The summed E-state index contributed by atoms with van der Waals surface area (Å²) in [6, 6.07) is 5.75. The second-order valence-electron chi connectivity index (χ2n) is 3.99. The topological polar surface area (TPSA) is 40.5 Å². The first kappa shape index (κ1) is 11.6. The summed E-state index contributed by atoms with van der Waals surface area (Å²) in [6.45, 7) is 7.61. The van der Waals surface area contributed by atoms with Crippen LogP contribution in [0.4, 0.5) is 10.5 Å². The third-order valence-electron chi connectivity index (χ3n) is 2.40. The van der Waals surface area contributed by atoms with Crippen molar-refractivity contribution in [1.82, 2.24) is 0 Å². The van der Waals surface area contributed by atoms with Gasteiger partial charge in [0.2, 0.25) is 0 Å². The Bertz CT molecular complexity index is 352. The number of anilines is 1. The molecule has 0 saturated carbocycles. The second kappa shape index (κ2) is 4.34. The van der Waals surface area contributed by atoms with E-state index in [1.165, 1.54) is 4.90 Å². The lowest BCUT2D eigenvalue weighted by Crippen LogP contribution is -2.36. The molecule has 3 heteroatoms. The molecule has 82 valence electrons. The maximum Gasteiger partial charge on any atom is 0.412 e. The van der Waals surface area contributed by atoms with E-state index in [2.05, 4.69) is 0 Å². The average molecular weight is 207 g/mol. The molecule has 0 spiro atoms. The molecular weight excluding hydrogens is 190 g/mol. The first-order valence-electron chi connectivity index (χ1n) is 5.03. The van der Waals surface area contributed by atoms with Crippen LogP contribution in [0.1, 0.15) is 25.0 Å². The van der Waals surface area contributed by atoms with Gasteiger partial charge in [-0.05, 0) is 38.8 Å². The summed E-state index contributed by atoms with van der Waals surface area (Å²) in [4.78, 5) is 12.6. The fourth-order valence-electron chi connectivity index (χ4n) is 1.76. The van der Waals surface area contributed by atoms with Crippen molar-refractivity contribution in [3.8, 4) is 0 Å². The van der Waals surface area contributed by atoms with Crippen LogP contribution in [0.5, 0.6) is 0 Å². The number of benzene rings is 1. The van der Waals surface area contributed by atoms with Gasteiger partial charge in [0, 0.05) is 6.04 Å². The van der Waals surface area contributed by atoms with E-state index in [9.17, 15) is 9.90 Å². The number of para-hydroxylation sites is 1. The van der Waals surface area contributed by atoms with Crippen molar-refractivity contribution >= 4 is 11.8 Å². The molecule has 0 radical (unpaired) electrons. The van der Waals surface area contributed by atoms with Gasteiger partial charge in [0.15, 0.2) is 0 Å². The molecule has 15 heavy (non-hydrogen) atoms. The van der Waals surface area contributed by atoms with E-state index < -0.39 is 6.09 Å². The van der Waals surface area contributed by atoms with Gasteiger partial charge in [-0.3, -0.25) is 4.90 Å². The van der Waals surface area contributed by atoms with E-state index in [4.69, 9.17) is 0 Å². The van der Waals surface area contributed by atoms with E-state index in [1.54, 1.807) is 0 Å². The number of carbonyl (C=O) groups is 1. The summed E-state index contributed by atoms with van der Waals surface area (Å²) in [5, 5.41) is 9.17. The fraction of sp³-hybridized carbons (Fsp3) is 0.417. The fourth-order valence-corrected chi connectivity index (χ4v) is 1.76. The number of amides is 1. The number of carboxylic acid groups (broad SMARTS) is 1. The van der Waals surface area contributed by atoms with Crippen molar-refractivity contribution in [2.24, 2.45) is 0 Å². The highest BCUT2D eigenvalue weighted by Crippen LogP contribution is 2.26. The van der Waals surface area contributed by atoms with E-state index >= 15 is 0 Å². The molecule has 1 amide bonds. The zero-order valence-electron chi connectivity index (χ0n) is 9.61. The first-order valence-corrected chi connectivity index (χ1v) is 5.03. The monoisotopic (exact) mass is 207 g/mol. The van der Waals surface area contributed by atoms with Gasteiger partial charge in [0.1, 0.15) is 0 Å².